The van der Waals surface area contributed by atoms with Gasteiger partial charge in [-0.25, -0.2) is 0 Å². The lowest BCUT2D eigenvalue weighted by Crippen LogP contribution is -2.09. The van der Waals surface area contributed by atoms with Gasteiger partial charge in [-0.15, -0.1) is 11.8 Å². The fraction of sp³-hybridized carbons (Fsp3) is 0.600. The SMILES string of the molecule is CCCCCCCCS(=O)(=O)ON=C1CCSC1=C1C=C(CC#N)C=CC1. The van der Waals surface area contributed by atoms with Gasteiger partial charge in [-0.05, 0) is 24.0 Å². The molecule has 0 aromatic rings. The summed E-state index contributed by atoms with van der Waals surface area (Å²) < 4.78 is 29.1. The highest BCUT2D eigenvalue weighted by atomic mass is 32.2. The minimum Gasteiger partial charge on any atom is -0.268 e. The summed E-state index contributed by atoms with van der Waals surface area (Å²) in [5.74, 6) is 0.882. The lowest BCUT2D eigenvalue weighted by molar-refractivity contribution is 0.337. The van der Waals surface area contributed by atoms with Crippen molar-refractivity contribution < 1.29 is 12.7 Å². The first-order valence-corrected chi connectivity index (χ1v) is 12.2. The standard InChI is InChI=1S/C20H28N2O3S2/c1-2-3-4-5-6-7-15-27(23,24)25-22-19-12-14-26-20(19)18-10-8-9-17(16-18)11-13-21/h8-9,16H,2-7,10-12,14-15H2,1H3. The minimum absolute atomic E-state index is 0.0178. The number of rotatable bonds is 10. The smallest absolute Gasteiger partial charge is 0.268 e. The van der Waals surface area contributed by atoms with Gasteiger partial charge in [-0.2, -0.15) is 13.7 Å². The second-order valence-electron chi connectivity index (χ2n) is 6.76. The third kappa shape index (κ3) is 7.55. The van der Waals surface area contributed by atoms with Gasteiger partial charge in [0.15, 0.2) is 0 Å². The zero-order valence-electron chi connectivity index (χ0n) is 15.9. The number of nitrogens with zero attached hydrogens (tertiary/aromatic N) is 2. The number of oxime groups is 1. The maximum Gasteiger partial charge on any atom is 0.328 e. The van der Waals surface area contributed by atoms with Gasteiger partial charge in [0.05, 0.1) is 24.0 Å². The molecule has 2 rings (SSSR count). The Morgan fingerprint density at radius 1 is 1.26 bits per heavy atom. The van der Waals surface area contributed by atoms with Crippen molar-refractivity contribution in [1.82, 2.24) is 0 Å². The van der Waals surface area contributed by atoms with E-state index >= 15 is 0 Å². The molecule has 5 nitrogen and oxygen atoms in total. The summed E-state index contributed by atoms with van der Waals surface area (Å²) in [7, 11) is -3.63. The highest BCUT2D eigenvalue weighted by molar-refractivity contribution is 8.04. The molecule has 0 saturated carbocycles. The summed E-state index contributed by atoms with van der Waals surface area (Å²) >= 11 is 1.67. The Morgan fingerprint density at radius 2 is 2.04 bits per heavy atom. The molecule has 0 unspecified atom stereocenters. The van der Waals surface area contributed by atoms with Crippen LogP contribution in [0, 0.1) is 11.3 Å². The van der Waals surface area contributed by atoms with Crippen molar-refractivity contribution in [3.05, 3.63) is 34.3 Å². The molecule has 1 aliphatic carbocycles. The Bertz CT molecular complexity index is 772. The zero-order chi connectivity index (χ0) is 19.5. The predicted molar refractivity (Wildman–Crippen MR) is 112 cm³/mol. The summed E-state index contributed by atoms with van der Waals surface area (Å²) in [5.41, 5.74) is 2.75. The Balaban J connectivity index is 1.94. The van der Waals surface area contributed by atoms with Crippen molar-refractivity contribution in [2.24, 2.45) is 5.16 Å². The monoisotopic (exact) mass is 408 g/mol. The first kappa shape index (κ1) is 21.8. The van der Waals surface area contributed by atoms with Gasteiger partial charge in [0.1, 0.15) is 0 Å². The van der Waals surface area contributed by atoms with Crippen molar-refractivity contribution in [3.63, 3.8) is 0 Å². The van der Waals surface area contributed by atoms with Crippen LogP contribution in [0.3, 0.4) is 0 Å². The van der Waals surface area contributed by atoms with Crippen molar-refractivity contribution in [2.45, 2.75) is 64.7 Å². The molecule has 1 aliphatic heterocycles. The molecule has 0 spiro atoms. The fourth-order valence-electron chi connectivity index (χ4n) is 3.04. The van der Waals surface area contributed by atoms with Crippen molar-refractivity contribution >= 4 is 27.6 Å². The molecule has 148 valence electrons. The summed E-state index contributed by atoms with van der Waals surface area (Å²) in [6, 6.07) is 2.16. The summed E-state index contributed by atoms with van der Waals surface area (Å²) in [4.78, 5) is 0.990. The average Bonchev–Trinajstić information content (AvgIpc) is 3.12. The van der Waals surface area contributed by atoms with Crippen LogP contribution < -0.4 is 0 Å². The molecule has 0 amide bonds. The number of hydrogen-bond donors (Lipinski definition) is 0. The van der Waals surface area contributed by atoms with E-state index in [2.05, 4.69) is 18.1 Å². The van der Waals surface area contributed by atoms with Gasteiger partial charge in [0.25, 0.3) is 0 Å². The van der Waals surface area contributed by atoms with E-state index in [4.69, 9.17) is 9.55 Å². The van der Waals surface area contributed by atoms with Gasteiger partial charge in [0, 0.05) is 17.1 Å². The second-order valence-corrected chi connectivity index (χ2v) is 9.53. The lowest BCUT2D eigenvalue weighted by atomic mass is 9.98. The van der Waals surface area contributed by atoms with E-state index < -0.39 is 10.1 Å². The maximum atomic E-state index is 12.1. The minimum atomic E-state index is -3.63. The van der Waals surface area contributed by atoms with Gasteiger partial charge < -0.3 is 0 Å². The molecule has 27 heavy (non-hydrogen) atoms. The molecule has 0 bridgehead atoms. The predicted octanol–water partition coefficient (Wildman–Crippen LogP) is 5.24. The van der Waals surface area contributed by atoms with E-state index in [0.717, 1.165) is 47.5 Å². The first-order chi connectivity index (χ1) is 13.1. The van der Waals surface area contributed by atoms with Gasteiger partial charge in [0.2, 0.25) is 0 Å². The number of allylic oxidation sites excluding steroid dienone is 6. The maximum absolute atomic E-state index is 12.1. The van der Waals surface area contributed by atoms with Gasteiger partial charge in [-0.1, -0.05) is 62.4 Å². The number of nitriles is 1. The van der Waals surface area contributed by atoms with Crippen LogP contribution in [0.15, 0.2) is 39.4 Å². The molecular weight excluding hydrogens is 380 g/mol. The van der Waals surface area contributed by atoms with Crippen LogP contribution in [-0.4, -0.2) is 25.6 Å². The van der Waals surface area contributed by atoms with Crippen LogP contribution >= 0.6 is 11.8 Å². The molecule has 7 heteroatoms. The topological polar surface area (TPSA) is 79.5 Å². The molecule has 0 aromatic heterocycles. The Hall–Kier alpha value is -1.52. The third-order valence-corrected chi connectivity index (χ3v) is 6.75. The van der Waals surface area contributed by atoms with E-state index in [0.29, 0.717) is 25.0 Å². The number of unbranched alkanes of at least 4 members (excludes halogenated alkanes) is 5. The average molecular weight is 409 g/mol. The first-order valence-electron chi connectivity index (χ1n) is 9.64. The molecule has 0 N–H and O–H groups in total. The second kappa shape index (κ2) is 11.4. The van der Waals surface area contributed by atoms with E-state index in [1.807, 2.05) is 18.2 Å². The summed E-state index contributed by atoms with van der Waals surface area (Å²) in [6.45, 7) is 2.16. The van der Waals surface area contributed by atoms with Crippen LogP contribution in [-0.2, 0) is 14.4 Å². The molecule has 0 aromatic carbocycles. The van der Waals surface area contributed by atoms with E-state index in [1.54, 1.807) is 11.8 Å². The normalized spacial score (nSPS) is 21.3. The van der Waals surface area contributed by atoms with Gasteiger partial charge in [-0.3, -0.25) is 4.28 Å². The lowest BCUT2D eigenvalue weighted by Gasteiger charge is -2.11. The molecular formula is C20H28N2O3S2. The summed E-state index contributed by atoms with van der Waals surface area (Å²) in [6.07, 6.45) is 14.0. The van der Waals surface area contributed by atoms with Crippen LogP contribution in [0.1, 0.15) is 64.7 Å². The molecule has 0 atom stereocenters. The summed E-state index contributed by atoms with van der Waals surface area (Å²) in [5, 5.41) is 12.9. The van der Waals surface area contributed by atoms with Crippen LogP contribution in [0.25, 0.3) is 0 Å². The van der Waals surface area contributed by atoms with Crippen LogP contribution in [0.5, 0.6) is 0 Å². The van der Waals surface area contributed by atoms with Crippen molar-refractivity contribution in [1.29, 1.82) is 5.26 Å². The van der Waals surface area contributed by atoms with E-state index in [9.17, 15) is 8.42 Å². The van der Waals surface area contributed by atoms with Crippen LogP contribution in [0.2, 0.25) is 0 Å². The van der Waals surface area contributed by atoms with E-state index in [1.165, 1.54) is 12.8 Å². The Labute approximate surface area is 167 Å². The number of hydrogen-bond acceptors (Lipinski definition) is 6. The molecule has 1 heterocycles. The fourth-order valence-corrected chi connectivity index (χ4v) is 5.01. The molecule has 2 aliphatic rings. The largest absolute Gasteiger partial charge is 0.328 e. The Kier molecular flexibility index (Phi) is 9.16. The Morgan fingerprint density at radius 3 is 2.81 bits per heavy atom. The zero-order valence-corrected chi connectivity index (χ0v) is 17.6. The molecule has 0 radical (unpaired) electrons. The highest BCUT2D eigenvalue weighted by Crippen LogP contribution is 2.35. The number of thioether (sulfide) groups is 1. The van der Waals surface area contributed by atoms with Crippen molar-refractivity contribution in [3.8, 4) is 6.07 Å². The molecule has 1 fully saturated rings. The van der Waals surface area contributed by atoms with E-state index in [-0.39, 0.29) is 5.75 Å². The van der Waals surface area contributed by atoms with Crippen LogP contribution in [0.4, 0.5) is 0 Å². The third-order valence-electron chi connectivity index (χ3n) is 4.46. The van der Waals surface area contributed by atoms with Gasteiger partial charge >= 0.3 is 10.1 Å². The quantitative estimate of drug-likeness (QED) is 0.365. The van der Waals surface area contributed by atoms with Crippen molar-refractivity contribution in [2.75, 3.05) is 11.5 Å². The molecule has 1 saturated heterocycles. The highest BCUT2D eigenvalue weighted by Gasteiger charge is 2.22.